The number of esters is 1. The first-order chi connectivity index (χ1) is 14.8. The second-order valence-corrected chi connectivity index (χ2v) is 6.66. The molecule has 0 aromatic rings. The minimum atomic E-state index is -8.50. The molecular weight excluding hydrogens is 527 g/mol. The van der Waals surface area contributed by atoms with Gasteiger partial charge in [-0.1, -0.05) is 13.3 Å². The Labute approximate surface area is 179 Å². The van der Waals surface area contributed by atoms with Gasteiger partial charge in [-0.15, -0.1) is 0 Å². The second-order valence-electron chi connectivity index (χ2n) is 6.66. The van der Waals surface area contributed by atoms with Crippen molar-refractivity contribution in [2.75, 3.05) is 6.61 Å². The predicted molar refractivity (Wildman–Crippen MR) is 79.2 cm³/mol. The van der Waals surface area contributed by atoms with Crippen LogP contribution in [0.3, 0.4) is 0 Å². The Bertz CT molecular complexity index is 748. The lowest BCUT2D eigenvalue weighted by Gasteiger charge is -2.41. The van der Waals surface area contributed by atoms with Crippen molar-refractivity contribution in [1.29, 1.82) is 0 Å². The highest BCUT2D eigenvalue weighted by molar-refractivity contribution is 5.89. The summed E-state index contributed by atoms with van der Waals surface area (Å²) in [5, 5.41) is 0.632. The molecule has 0 aliphatic rings. The molecule has 34 heavy (non-hydrogen) atoms. The standard InChI is InChI=1S/C15H14F15NO3/c1-3-4-5-34-7(32)6(2)31-8(33)9(16,17)10(18,19)11(20,21)12(22,23)13(24,25)14(26,27)15(28,29)30/h6H,3-5H2,1-2H3,(H,31,33). The van der Waals surface area contributed by atoms with Gasteiger partial charge in [-0.3, -0.25) is 4.79 Å². The first-order valence-corrected chi connectivity index (χ1v) is 8.60. The van der Waals surface area contributed by atoms with Crippen LogP contribution in [-0.4, -0.2) is 66.2 Å². The molecule has 202 valence electrons. The number of carbonyl (C=O) groups excluding carboxylic acids is 2. The van der Waals surface area contributed by atoms with E-state index in [1.165, 1.54) is 0 Å². The normalized spacial score (nSPS) is 15.7. The Hall–Kier alpha value is -2.11. The number of ether oxygens (including phenoxy) is 1. The molecule has 4 nitrogen and oxygen atoms in total. The lowest BCUT2D eigenvalue weighted by atomic mass is 9.90. The van der Waals surface area contributed by atoms with Gasteiger partial charge in [0, 0.05) is 0 Å². The average molecular weight is 541 g/mol. The summed E-state index contributed by atoms with van der Waals surface area (Å²) in [5.74, 6) is -53.9. The molecule has 0 saturated carbocycles. The molecule has 0 radical (unpaired) electrons. The summed E-state index contributed by atoms with van der Waals surface area (Å²) in [4.78, 5) is 22.7. The van der Waals surface area contributed by atoms with E-state index in [0.717, 1.165) is 0 Å². The fraction of sp³-hybridized carbons (Fsp3) is 0.867. The van der Waals surface area contributed by atoms with Gasteiger partial charge in [-0.2, -0.15) is 65.9 Å². The molecule has 0 rings (SSSR count). The van der Waals surface area contributed by atoms with Gasteiger partial charge in [-0.05, 0) is 13.3 Å². The van der Waals surface area contributed by atoms with Crippen molar-refractivity contribution >= 4 is 11.9 Å². The lowest BCUT2D eigenvalue weighted by molar-refractivity contribution is -0.449. The second kappa shape index (κ2) is 9.50. The highest BCUT2D eigenvalue weighted by atomic mass is 19.4. The van der Waals surface area contributed by atoms with E-state index in [1.54, 1.807) is 6.92 Å². The Morgan fingerprint density at radius 2 is 1.09 bits per heavy atom. The first kappa shape index (κ1) is 31.9. The maximum absolute atomic E-state index is 13.7. The topological polar surface area (TPSA) is 55.4 Å². The van der Waals surface area contributed by atoms with Crippen LogP contribution in [0.15, 0.2) is 0 Å². The van der Waals surface area contributed by atoms with Crippen LogP contribution in [0.25, 0.3) is 0 Å². The maximum atomic E-state index is 13.7. The van der Waals surface area contributed by atoms with Crippen molar-refractivity contribution in [3.8, 4) is 0 Å². The third-order valence-corrected chi connectivity index (χ3v) is 4.06. The van der Waals surface area contributed by atoms with Crippen LogP contribution in [0, 0.1) is 0 Å². The van der Waals surface area contributed by atoms with Gasteiger partial charge in [0.15, 0.2) is 0 Å². The van der Waals surface area contributed by atoms with Crippen molar-refractivity contribution in [2.45, 2.75) is 74.4 Å². The van der Waals surface area contributed by atoms with Crippen molar-refractivity contribution < 1.29 is 80.2 Å². The van der Waals surface area contributed by atoms with Crippen LogP contribution >= 0.6 is 0 Å². The van der Waals surface area contributed by atoms with Crippen LogP contribution in [0.2, 0.25) is 0 Å². The summed E-state index contributed by atoms with van der Waals surface area (Å²) in [6.07, 6.45) is -7.16. The van der Waals surface area contributed by atoms with Crippen LogP contribution in [0.5, 0.6) is 0 Å². The molecule has 0 aromatic heterocycles. The molecule has 0 aliphatic heterocycles. The largest absolute Gasteiger partial charge is 0.464 e. The van der Waals surface area contributed by atoms with Crippen molar-refractivity contribution in [3.63, 3.8) is 0 Å². The fourth-order valence-electron chi connectivity index (χ4n) is 1.90. The number of alkyl halides is 15. The molecule has 0 aromatic carbocycles. The molecule has 0 bridgehead atoms. The minimum Gasteiger partial charge on any atom is -0.464 e. The van der Waals surface area contributed by atoms with E-state index in [2.05, 4.69) is 4.74 Å². The molecule has 1 N–H and O–H groups in total. The zero-order valence-electron chi connectivity index (χ0n) is 16.6. The summed E-state index contributed by atoms with van der Waals surface area (Å²) in [7, 11) is 0. The van der Waals surface area contributed by atoms with E-state index in [0.29, 0.717) is 18.7 Å². The number of rotatable bonds is 11. The van der Waals surface area contributed by atoms with Gasteiger partial charge in [0.2, 0.25) is 0 Å². The van der Waals surface area contributed by atoms with E-state index in [1.807, 2.05) is 0 Å². The molecular formula is C15H14F15NO3. The Balaban J connectivity index is 6.17. The molecule has 0 fully saturated rings. The molecule has 1 amide bonds. The number of hydrogen-bond donors (Lipinski definition) is 1. The number of amides is 1. The zero-order valence-corrected chi connectivity index (χ0v) is 16.6. The molecule has 0 aliphatic carbocycles. The van der Waals surface area contributed by atoms with Gasteiger partial charge in [0.1, 0.15) is 6.04 Å². The number of halogens is 15. The monoisotopic (exact) mass is 541 g/mol. The summed E-state index contributed by atoms with van der Waals surface area (Å²) >= 11 is 0. The minimum absolute atomic E-state index is 0.165. The Morgan fingerprint density at radius 3 is 1.47 bits per heavy atom. The number of nitrogens with one attached hydrogen (secondary N) is 1. The van der Waals surface area contributed by atoms with Crippen LogP contribution < -0.4 is 5.32 Å². The van der Waals surface area contributed by atoms with Crippen molar-refractivity contribution in [3.05, 3.63) is 0 Å². The summed E-state index contributed by atoms with van der Waals surface area (Å²) < 4.78 is 200. The van der Waals surface area contributed by atoms with Gasteiger partial charge >= 0.3 is 47.7 Å². The third kappa shape index (κ3) is 4.96. The number of unbranched alkanes of at least 4 members (excludes halogenated alkanes) is 1. The molecule has 0 spiro atoms. The van der Waals surface area contributed by atoms with Gasteiger partial charge in [0.25, 0.3) is 5.91 Å². The Morgan fingerprint density at radius 1 is 0.706 bits per heavy atom. The van der Waals surface area contributed by atoms with Crippen molar-refractivity contribution in [1.82, 2.24) is 5.32 Å². The highest BCUT2D eigenvalue weighted by Gasteiger charge is 2.94. The van der Waals surface area contributed by atoms with E-state index < -0.39 is 66.2 Å². The number of carbonyl (C=O) groups is 2. The predicted octanol–water partition coefficient (Wildman–Crippen LogP) is 5.21. The van der Waals surface area contributed by atoms with Crippen LogP contribution in [0.4, 0.5) is 65.9 Å². The lowest BCUT2D eigenvalue weighted by Crippen LogP contribution is -2.74. The van der Waals surface area contributed by atoms with E-state index >= 15 is 0 Å². The average Bonchev–Trinajstić information content (AvgIpc) is 2.66. The van der Waals surface area contributed by atoms with Gasteiger partial charge in [0.05, 0.1) is 6.61 Å². The molecule has 1 atom stereocenters. The zero-order chi connectivity index (χ0) is 27.8. The molecule has 0 saturated heterocycles. The number of hydrogen-bond acceptors (Lipinski definition) is 3. The maximum Gasteiger partial charge on any atom is 0.460 e. The molecule has 19 heteroatoms. The summed E-state index contributed by atoms with van der Waals surface area (Å²) in [5.41, 5.74) is 0. The van der Waals surface area contributed by atoms with Crippen LogP contribution in [0.1, 0.15) is 26.7 Å². The van der Waals surface area contributed by atoms with Gasteiger partial charge < -0.3 is 10.1 Å². The van der Waals surface area contributed by atoms with E-state index in [-0.39, 0.29) is 6.42 Å². The smallest absolute Gasteiger partial charge is 0.460 e. The Kier molecular flexibility index (Phi) is 8.91. The van der Waals surface area contributed by atoms with Gasteiger partial charge in [-0.25, -0.2) is 4.79 Å². The quantitative estimate of drug-likeness (QED) is 0.222. The third-order valence-electron chi connectivity index (χ3n) is 4.06. The summed E-state index contributed by atoms with van der Waals surface area (Å²) in [6.45, 7) is 1.62. The van der Waals surface area contributed by atoms with Crippen LogP contribution in [-0.2, 0) is 14.3 Å². The van der Waals surface area contributed by atoms with E-state index in [4.69, 9.17) is 0 Å². The summed E-state index contributed by atoms with van der Waals surface area (Å²) in [6, 6.07) is -2.34. The molecule has 0 heterocycles. The fourth-order valence-corrected chi connectivity index (χ4v) is 1.90. The first-order valence-electron chi connectivity index (χ1n) is 8.60. The van der Waals surface area contributed by atoms with Crippen molar-refractivity contribution in [2.24, 2.45) is 0 Å². The molecule has 1 unspecified atom stereocenters. The van der Waals surface area contributed by atoms with E-state index in [9.17, 15) is 75.4 Å². The highest BCUT2D eigenvalue weighted by Crippen LogP contribution is 2.62. The SMILES string of the molecule is CCCCOC(=O)C(C)NC(=O)C(F)(F)C(F)(F)C(F)(F)C(F)(F)C(F)(F)C(F)(F)C(F)(F)F.